The maximum atomic E-state index is 13.6. The lowest BCUT2D eigenvalue weighted by molar-refractivity contribution is 0.177. The van der Waals surface area contributed by atoms with Crippen molar-refractivity contribution < 1.29 is 18.6 Å². The van der Waals surface area contributed by atoms with Gasteiger partial charge in [-0.3, -0.25) is 4.99 Å². The van der Waals surface area contributed by atoms with Crippen LogP contribution in [0.5, 0.6) is 17.4 Å². The molecule has 126 valence electrons. The molecule has 1 aromatic heterocycles. The van der Waals surface area contributed by atoms with Crippen LogP contribution in [-0.4, -0.2) is 24.9 Å². The summed E-state index contributed by atoms with van der Waals surface area (Å²) in [5, 5.41) is 0.0911. The van der Waals surface area contributed by atoms with Crippen molar-refractivity contribution in [1.29, 1.82) is 0 Å². The molecule has 0 amide bonds. The second-order valence-corrected chi connectivity index (χ2v) is 4.97. The van der Waals surface area contributed by atoms with Crippen LogP contribution in [0.4, 0.5) is 10.1 Å². The Bertz CT molecular complexity index is 753. The van der Waals surface area contributed by atoms with E-state index in [0.29, 0.717) is 18.1 Å². The predicted octanol–water partition coefficient (Wildman–Crippen LogP) is 4.93. The highest BCUT2D eigenvalue weighted by Gasteiger charge is 2.13. The first-order chi connectivity index (χ1) is 11.5. The third-order valence-electron chi connectivity index (χ3n) is 2.85. The molecule has 0 saturated carbocycles. The third kappa shape index (κ3) is 4.45. The van der Waals surface area contributed by atoms with Gasteiger partial charge >= 0.3 is 0 Å². The number of pyridine rings is 1. The van der Waals surface area contributed by atoms with Crippen molar-refractivity contribution >= 4 is 24.0 Å². The van der Waals surface area contributed by atoms with Gasteiger partial charge in [0, 0.05) is 12.3 Å². The summed E-state index contributed by atoms with van der Waals surface area (Å²) in [7, 11) is 0. The van der Waals surface area contributed by atoms with Crippen LogP contribution >= 0.6 is 11.6 Å². The maximum absolute atomic E-state index is 13.6. The van der Waals surface area contributed by atoms with Crippen molar-refractivity contribution in [3.05, 3.63) is 53.6 Å². The standard InChI is InChI=1S/C17H16ClFN2O3/c1-4-22-11(2)10-23-17-15(6-5-7-21-17)24-16-9-14(20-3)13(19)8-12(16)18/h5-9H,2-4,10H2,1H3. The van der Waals surface area contributed by atoms with Gasteiger partial charge in [0.2, 0.25) is 0 Å². The van der Waals surface area contributed by atoms with E-state index < -0.39 is 5.82 Å². The second kappa shape index (κ2) is 8.31. The largest absolute Gasteiger partial charge is 0.495 e. The van der Waals surface area contributed by atoms with E-state index in [-0.39, 0.29) is 28.9 Å². The zero-order chi connectivity index (χ0) is 17.5. The Hall–Kier alpha value is -2.60. The van der Waals surface area contributed by atoms with Gasteiger partial charge in [0.1, 0.15) is 23.8 Å². The van der Waals surface area contributed by atoms with E-state index in [4.69, 9.17) is 25.8 Å². The highest BCUT2D eigenvalue weighted by molar-refractivity contribution is 6.32. The number of aromatic nitrogens is 1. The smallest absolute Gasteiger partial charge is 0.258 e. The van der Waals surface area contributed by atoms with E-state index in [9.17, 15) is 4.39 Å². The number of benzene rings is 1. The van der Waals surface area contributed by atoms with Crippen LogP contribution in [0.15, 0.2) is 47.8 Å². The van der Waals surface area contributed by atoms with Gasteiger partial charge in [-0.2, -0.15) is 0 Å². The third-order valence-corrected chi connectivity index (χ3v) is 3.14. The SMILES string of the molecule is C=Nc1cc(Oc2cccnc2OCC(=C)OCC)c(Cl)cc1F. The van der Waals surface area contributed by atoms with Gasteiger partial charge in [-0.25, -0.2) is 9.37 Å². The lowest BCUT2D eigenvalue weighted by Gasteiger charge is -2.13. The van der Waals surface area contributed by atoms with Gasteiger partial charge in [0.05, 0.1) is 11.6 Å². The maximum Gasteiger partial charge on any atom is 0.258 e. The fourth-order valence-electron chi connectivity index (χ4n) is 1.79. The van der Waals surface area contributed by atoms with E-state index in [1.165, 1.54) is 6.07 Å². The summed E-state index contributed by atoms with van der Waals surface area (Å²) in [4.78, 5) is 7.68. The Balaban J connectivity index is 2.21. The van der Waals surface area contributed by atoms with Crippen LogP contribution in [-0.2, 0) is 4.74 Å². The fourth-order valence-corrected chi connectivity index (χ4v) is 1.98. The van der Waals surface area contributed by atoms with E-state index >= 15 is 0 Å². The average Bonchev–Trinajstić information content (AvgIpc) is 2.56. The molecule has 0 aliphatic heterocycles. The molecule has 0 saturated heterocycles. The molecule has 0 unspecified atom stereocenters. The molecule has 0 bridgehead atoms. The molecule has 0 atom stereocenters. The minimum absolute atomic E-state index is 0.0329. The molecule has 7 heteroatoms. The molecule has 0 N–H and O–H groups in total. The molecule has 1 heterocycles. The first-order valence-corrected chi connectivity index (χ1v) is 7.45. The monoisotopic (exact) mass is 350 g/mol. The molecule has 1 aromatic carbocycles. The van der Waals surface area contributed by atoms with Crippen LogP contribution in [0.2, 0.25) is 5.02 Å². The summed E-state index contributed by atoms with van der Waals surface area (Å²) in [6.45, 7) is 9.49. The molecule has 0 aliphatic carbocycles. The molecule has 5 nitrogen and oxygen atoms in total. The van der Waals surface area contributed by atoms with Gasteiger partial charge in [-0.15, -0.1) is 0 Å². The summed E-state index contributed by atoms with van der Waals surface area (Å²) >= 11 is 6.01. The molecule has 2 rings (SSSR count). The van der Waals surface area contributed by atoms with Crippen molar-refractivity contribution in [2.24, 2.45) is 4.99 Å². The first-order valence-electron chi connectivity index (χ1n) is 7.07. The summed E-state index contributed by atoms with van der Waals surface area (Å²) in [6.07, 6.45) is 1.55. The molecule has 0 fully saturated rings. The Morgan fingerprint density at radius 2 is 2.17 bits per heavy atom. The van der Waals surface area contributed by atoms with E-state index in [2.05, 4.69) is 23.3 Å². The molecule has 0 spiro atoms. The predicted molar refractivity (Wildman–Crippen MR) is 91.2 cm³/mol. The number of ether oxygens (including phenoxy) is 3. The van der Waals surface area contributed by atoms with Gasteiger partial charge in [0.25, 0.3) is 5.88 Å². The lowest BCUT2D eigenvalue weighted by Crippen LogP contribution is -2.05. The minimum atomic E-state index is -0.585. The summed E-state index contributed by atoms with van der Waals surface area (Å²) < 4.78 is 30.0. The summed E-state index contributed by atoms with van der Waals surface area (Å²) in [5.41, 5.74) is 0.0329. The number of hydrogen-bond acceptors (Lipinski definition) is 5. The minimum Gasteiger partial charge on any atom is -0.495 e. The molecular weight excluding hydrogens is 335 g/mol. The normalized spacial score (nSPS) is 10.1. The molecule has 0 radical (unpaired) electrons. The molecule has 0 aliphatic rings. The van der Waals surface area contributed by atoms with Crippen LogP contribution in [0.3, 0.4) is 0 Å². The van der Waals surface area contributed by atoms with Gasteiger partial charge < -0.3 is 14.2 Å². The van der Waals surface area contributed by atoms with Crippen LogP contribution in [0.1, 0.15) is 6.92 Å². The first kappa shape index (κ1) is 17.7. The number of rotatable bonds is 8. The lowest BCUT2D eigenvalue weighted by atomic mass is 10.3. The number of hydrogen-bond donors (Lipinski definition) is 0. The Morgan fingerprint density at radius 1 is 1.38 bits per heavy atom. The van der Waals surface area contributed by atoms with Gasteiger partial charge in [-0.1, -0.05) is 18.2 Å². The summed E-state index contributed by atoms with van der Waals surface area (Å²) in [5.74, 6) is 0.629. The molecule has 24 heavy (non-hydrogen) atoms. The highest BCUT2D eigenvalue weighted by atomic mass is 35.5. The van der Waals surface area contributed by atoms with Crippen molar-refractivity contribution in [2.75, 3.05) is 13.2 Å². The van der Waals surface area contributed by atoms with Gasteiger partial charge in [0.15, 0.2) is 11.6 Å². The number of nitrogens with zero attached hydrogens (tertiary/aromatic N) is 2. The van der Waals surface area contributed by atoms with Crippen molar-refractivity contribution in [3.63, 3.8) is 0 Å². The van der Waals surface area contributed by atoms with Crippen LogP contribution < -0.4 is 9.47 Å². The number of halogens is 2. The topological polar surface area (TPSA) is 52.9 Å². The molecular formula is C17H16ClFN2O3. The quantitative estimate of drug-likeness (QED) is 0.500. The Labute approximate surface area is 144 Å². The van der Waals surface area contributed by atoms with E-state index in [1.807, 2.05) is 6.92 Å². The van der Waals surface area contributed by atoms with E-state index in [1.54, 1.807) is 18.3 Å². The van der Waals surface area contributed by atoms with E-state index in [0.717, 1.165) is 6.07 Å². The Kier molecular flexibility index (Phi) is 6.14. The fraction of sp³-hybridized carbons (Fsp3) is 0.176. The summed E-state index contributed by atoms with van der Waals surface area (Å²) in [6, 6.07) is 5.77. The average molecular weight is 351 g/mol. The molecule has 2 aromatic rings. The number of aliphatic imine (C=N–C) groups is 1. The zero-order valence-electron chi connectivity index (χ0n) is 13.1. The van der Waals surface area contributed by atoms with Crippen molar-refractivity contribution in [1.82, 2.24) is 4.98 Å². The Morgan fingerprint density at radius 3 is 2.88 bits per heavy atom. The van der Waals surface area contributed by atoms with Gasteiger partial charge in [-0.05, 0) is 31.8 Å². The van der Waals surface area contributed by atoms with Crippen molar-refractivity contribution in [3.8, 4) is 17.4 Å². The van der Waals surface area contributed by atoms with Crippen LogP contribution in [0.25, 0.3) is 0 Å². The van der Waals surface area contributed by atoms with Crippen molar-refractivity contribution in [2.45, 2.75) is 6.92 Å². The second-order valence-electron chi connectivity index (χ2n) is 4.56. The van der Waals surface area contributed by atoms with Crippen LogP contribution in [0, 0.1) is 5.82 Å². The zero-order valence-corrected chi connectivity index (χ0v) is 13.8. The highest BCUT2D eigenvalue weighted by Crippen LogP contribution is 2.37.